The van der Waals surface area contributed by atoms with Gasteiger partial charge < -0.3 is 25.4 Å². The van der Waals surface area contributed by atoms with Crippen LogP contribution >= 0.6 is 0 Å². The van der Waals surface area contributed by atoms with E-state index in [2.05, 4.69) is 93.4 Å². The minimum atomic E-state index is -2.97. The fourth-order valence-corrected chi connectivity index (χ4v) is 8.99. The minimum absolute atomic E-state index is 0.0735. The van der Waals surface area contributed by atoms with Gasteiger partial charge in [-0.05, 0) is 77.6 Å². The highest BCUT2D eigenvalue weighted by Crippen LogP contribution is 2.37. The van der Waals surface area contributed by atoms with Crippen LogP contribution in [0.15, 0.2) is 114 Å². The number of likely N-dealkylation sites (tertiary alicyclic amines) is 2. The molecule has 1 aromatic heterocycles. The van der Waals surface area contributed by atoms with Gasteiger partial charge >= 0.3 is 0 Å². The van der Waals surface area contributed by atoms with Crippen LogP contribution in [0.5, 0.6) is 0 Å². The van der Waals surface area contributed by atoms with Gasteiger partial charge in [0, 0.05) is 18.4 Å². The van der Waals surface area contributed by atoms with Gasteiger partial charge in [-0.2, -0.15) is 0 Å². The maximum Gasteiger partial charge on any atom is 0.267 e. The first-order valence-corrected chi connectivity index (χ1v) is 20.2. The fraction of sp³-hybridized carbons (Fsp3) is 0.348. The van der Waals surface area contributed by atoms with Gasteiger partial charge in [-0.3, -0.25) is 14.6 Å². The molecule has 3 aliphatic heterocycles. The first-order chi connectivity index (χ1) is 27.7. The maximum atomic E-state index is 14.7. The quantitative estimate of drug-likeness (QED) is 0.135. The molecule has 0 radical (unpaired) electrons. The van der Waals surface area contributed by atoms with Crippen LogP contribution in [-0.2, 0) is 16.0 Å². The van der Waals surface area contributed by atoms with Crippen LogP contribution in [0.25, 0.3) is 32.9 Å². The summed E-state index contributed by atoms with van der Waals surface area (Å²) in [6, 6.07) is 26.6. The Morgan fingerprint density at radius 3 is 2.58 bits per heavy atom. The van der Waals surface area contributed by atoms with Crippen molar-refractivity contribution in [3.05, 3.63) is 126 Å². The van der Waals surface area contributed by atoms with Gasteiger partial charge in [0.15, 0.2) is 0 Å². The number of hydrogen-bond donors (Lipinski definition) is 3. The van der Waals surface area contributed by atoms with Crippen LogP contribution in [0.3, 0.4) is 0 Å². The number of nitrogens with one attached hydrogen (secondary N) is 3. The van der Waals surface area contributed by atoms with Crippen molar-refractivity contribution in [2.24, 2.45) is 4.99 Å². The van der Waals surface area contributed by atoms with E-state index in [0.29, 0.717) is 25.5 Å². The van der Waals surface area contributed by atoms with Crippen molar-refractivity contribution in [2.45, 2.75) is 75.5 Å². The number of aromatic amines is 1. The molecule has 4 aliphatic rings. The Morgan fingerprint density at radius 1 is 0.965 bits per heavy atom. The zero-order valence-electron chi connectivity index (χ0n) is 32.1. The molecule has 2 fully saturated rings. The number of H-pyrrole nitrogens is 1. The molecule has 1 unspecified atom stereocenters. The van der Waals surface area contributed by atoms with Crippen molar-refractivity contribution >= 4 is 39.5 Å². The van der Waals surface area contributed by atoms with Crippen molar-refractivity contribution in [3.8, 4) is 11.1 Å². The number of carbonyl (C=O) groups is 2. The van der Waals surface area contributed by atoms with Crippen molar-refractivity contribution in [2.75, 3.05) is 26.2 Å². The SMILES string of the molecule is CCN[C@@H](C(=O)N1CCC[C@H]1c1nc2c(ccc3cc(-c4ccc(C5CN=C([C@@H]6CC(F)(F)CN6C(=O)Cc6ccccc6)N5)cc4)ccc32)[nH]1)C1=CCCC=C1. The molecule has 2 amide bonds. The number of nitrogens with zero attached hydrogens (tertiary/aromatic N) is 4. The average Bonchev–Trinajstić information content (AvgIpc) is 4.06. The van der Waals surface area contributed by atoms with E-state index >= 15 is 0 Å². The van der Waals surface area contributed by atoms with E-state index in [9.17, 15) is 18.4 Å². The van der Waals surface area contributed by atoms with E-state index in [1.807, 2.05) is 42.2 Å². The number of amidine groups is 1. The van der Waals surface area contributed by atoms with E-state index in [4.69, 9.17) is 4.98 Å². The highest BCUT2D eigenvalue weighted by molar-refractivity contribution is 6.05. The Kier molecular flexibility index (Phi) is 9.94. The molecule has 3 N–H and O–H groups in total. The molecule has 292 valence electrons. The topological polar surface area (TPSA) is 106 Å². The number of fused-ring (bicyclic) bond motifs is 3. The number of rotatable bonds is 10. The van der Waals surface area contributed by atoms with Crippen molar-refractivity contribution in [1.29, 1.82) is 0 Å². The highest BCUT2D eigenvalue weighted by atomic mass is 19.3. The van der Waals surface area contributed by atoms with Crippen LogP contribution in [0.1, 0.15) is 68.1 Å². The number of aliphatic imine (C=N–C) groups is 1. The van der Waals surface area contributed by atoms with E-state index in [1.54, 1.807) is 0 Å². The molecule has 2 saturated heterocycles. The predicted molar refractivity (Wildman–Crippen MR) is 220 cm³/mol. The third kappa shape index (κ3) is 7.36. The number of hydrogen-bond acceptors (Lipinski definition) is 6. The minimum Gasteiger partial charge on any atom is -0.363 e. The summed E-state index contributed by atoms with van der Waals surface area (Å²) in [6.45, 7) is 3.27. The standard InChI is InChI=1S/C46H47F2N7O2/c1-2-49-41(32-12-7-4-8-13-32)45(57)54-23-9-14-38(54)44-51-36-22-20-34-25-33(19-21-35(34)42(36)53-44)30-15-17-31(18-16-30)37-27-50-43(52-37)39-26-46(47,48)28-55(39)40(56)24-29-10-5-3-6-11-29/h3,5-7,10-13,15-22,25,37-39,41,49H,2,4,8-9,14,23-24,26-28H2,1H3,(H,50,52)(H,51,53)/t37?,38-,39-,41+/m0/s1. The molecule has 0 bridgehead atoms. The van der Waals surface area contributed by atoms with Gasteiger partial charge in [0.1, 0.15) is 17.7 Å². The summed E-state index contributed by atoms with van der Waals surface area (Å²) in [6.07, 6.45) is 9.81. The summed E-state index contributed by atoms with van der Waals surface area (Å²) in [7, 11) is 0. The summed E-state index contributed by atoms with van der Waals surface area (Å²) in [4.78, 5) is 43.8. The summed E-state index contributed by atoms with van der Waals surface area (Å²) in [5.74, 6) is -1.91. The molecule has 4 atom stereocenters. The molecule has 5 aromatic rings. The molecule has 1 aliphatic carbocycles. The summed E-state index contributed by atoms with van der Waals surface area (Å²) in [5.41, 5.74) is 6.81. The lowest BCUT2D eigenvalue weighted by molar-refractivity contribution is -0.133. The van der Waals surface area contributed by atoms with Gasteiger partial charge in [0.05, 0.1) is 48.7 Å². The van der Waals surface area contributed by atoms with Gasteiger partial charge in [0.25, 0.3) is 5.92 Å². The number of benzene rings is 4. The Hall–Kier alpha value is -5.68. The molecule has 11 heteroatoms. The Bertz CT molecular complexity index is 2400. The molecule has 0 saturated carbocycles. The Balaban J connectivity index is 0.890. The van der Waals surface area contributed by atoms with E-state index in [0.717, 1.165) is 81.1 Å². The van der Waals surface area contributed by atoms with Gasteiger partial charge in [-0.25, -0.2) is 13.8 Å². The largest absolute Gasteiger partial charge is 0.363 e. The number of amides is 2. The summed E-state index contributed by atoms with van der Waals surface area (Å²) in [5, 5.41) is 8.92. The Morgan fingerprint density at radius 2 is 1.79 bits per heavy atom. The molecule has 4 aromatic carbocycles. The molecular formula is C46H47F2N7O2. The third-order valence-corrected chi connectivity index (χ3v) is 11.9. The number of imidazole rings is 1. The Labute approximate surface area is 330 Å². The third-order valence-electron chi connectivity index (χ3n) is 11.9. The molecule has 0 spiro atoms. The van der Waals surface area contributed by atoms with Crippen LogP contribution in [0.2, 0.25) is 0 Å². The maximum absolute atomic E-state index is 14.7. The summed E-state index contributed by atoms with van der Waals surface area (Å²) < 4.78 is 29.4. The average molecular weight is 768 g/mol. The van der Waals surface area contributed by atoms with E-state index in [-0.39, 0.29) is 36.4 Å². The smallest absolute Gasteiger partial charge is 0.267 e. The first kappa shape index (κ1) is 36.9. The zero-order valence-corrected chi connectivity index (χ0v) is 32.1. The number of halogens is 2. The van der Waals surface area contributed by atoms with Gasteiger partial charge in [-0.15, -0.1) is 0 Å². The number of alkyl halides is 2. The second-order valence-electron chi connectivity index (χ2n) is 15.7. The summed E-state index contributed by atoms with van der Waals surface area (Å²) >= 11 is 0. The zero-order chi connectivity index (χ0) is 39.1. The lowest BCUT2D eigenvalue weighted by atomic mass is 9.98. The van der Waals surface area contributed by atoms with Crippen LogP contribution in [-0.4, -0.2) is 81.6 Å². The van der Waals surface area contributed by atoms with Crippen LogP contribution in [0.4, 0.5) is 8.78 Å². The fourth-order valence-electron chi connectivity index (χ4n) is 8.99. The van der Waals surface area contributed by atoms with Gasteiger partial charge in [-0.1, -0.05) is 97.9 Å². The molecule has 57 heavy (non-hydrogen) atoms. The van der Waals surface area contributed by atoms with Crippen LogP contribution in [0, 0.1) is 0 Å². The second-order valence-corrected chi connectivity index (χ2v) is 15.7. The van der Waals surface area contributed by atoms with Crippen LogP contribution < -0.4 is 10.6 Å². The lowest BCUT2D eigenvalue weighted by Gasteiger charge is -2.29. The molecule has 9 rings (SSSR count). The number of likely N-dealkylation sites (N-methyl/N-ethyl adjacent to an activating group) is 1. The number of allylic oxidation sites excluding steroid dienone is 2. The van der Waals surface area contributed by atoms with Crippen molar-refractivity contribution in [1.82, 2.24) is 30.4 Å². The molecule has 4 heterocycles. The number of aromatic nitrogens is 2. The predicted octanol–water partition coefficient (Wildman–Crippen LogP) is 7.82. The van der Waals surface area contributed by atoms with Crippen molar-refractivity contribution < 1.29 is 18.4 Å². The normalized spacial score (nSPS) is 22.2. The van der Waals surface area contributed by atoms with Gasteiger partial charge in [0.2, 0.25) is 11.8 Å². The van der Waals surface area contributed by atoms with E-state index < -0.39 is 24.9 Å². The first-order valence-electron chi connectivity index (χ1n) is 20.2. The van der Waals surface area contributed by atoms with Crippen molar-refractivity contribution in [3.63, 3.8) is 0 Å². The number of carbonyl (C=O) groups excluding carboxylic acids is 2. The van der Waals surface area contributed by atoms with E-state index in [1.165, 1.54) is 4.90 Å². The highest BCUT2D eigenvalue weighted by Gasteiger charge is 2.49. The second kappa shape index (κ2) is 15.3. The molecule has 9 nitrogen and oxygen atoms in total. The lowest BCUT2D eigenvalue weighted by Crippen LogP contribution is -2.47. The molecular weight excluding hydrogens is 721 g/mol. The monoisotopic (exact) mass is 767 g/mol.